The van der Waals surface area contributed by atoms with E-state index in [9.17, 15) is 14.0 Å². The molecule has 0 unspecified atom stereocenters. The molecule has 184 valence electrons. The zero-order valence-corrected chi connectivity index (χ0v) is 21.5. The maximum Gasteiger partial charge on any atom is 0.276 e. The Labute approximate surface area is 223 Å². The Morgan fingerprint density at radius 3 is 2.78 bits per heavy atom. The Kier molecular flexibility index (Phi) is 8.23. The van der Waals surface area contributed by atoms with Crippen molar-refractivity contribution in [2.45, 2.75) is 6.54 Å². The van der Waals surface area contributed by atoms with Gasteiger partial charge in [-0.1, -0.05) is 40.3 Å². The van der Waals surface area contributed by atoms with E-state index in [1.807, 2.05) is 0 Å². The Morgan fingerprint density at radius 1 is 1.19 bits per heavy atom. The van der Waals surface area contributed by atoms with Gasteiger partial charge < -0.3 is 10.3 Å². The molecule has 2 aromatic heterocycles. The average molecular weight is 621 g/mol. The van der Waals surface area contributed by atoms with Gasteiger partial charge in [-0.3, -0.25) is 14.4 Å². The van der Waals surface area contributed by atoms with E-state index in [1.54, 1.807) is 42.5 Å². The Morgan fingerprint density at radius 2 is 2.03 bits per heavy atom. The third-order valence-corrected chi connectivity index (χ3v) is 5.94. The van der Waals surface area contributed by atoms with Gasteiger partial charge in [-0.2, -0.15) is 5.11 Å². The summed E-state index contributed by atoms with van der Waals surface area (Å²) in [6.45, 7) is 0.439. The van der Waals surface area contributed by atoms with E-state index in [1.165, 1.54) is 12.1 Å². The molecule has 0 aliphatic carbocycles. The van der Waals surface area contributed by atoms with Gasteiger partial charge in [-0.25, -0.2) is 20.4 Å². The van der Waals surface area contributed by atoms with E-state index >= 15 is 0 Å². The number of carbonyl (C=O) groups excluding carboxylic acids is 1. The molecule has 2 aromatic carbocycles. The van der Waals surface area contributed by atoms with E-state index < -0.39 is 11.7 Å². The summed E-state index contributed by atoms with van der Waals surface area (Å²) in [5, 5.41) is 7.41. The molecule has 4 N–H and O–H groups in total. The van der Waals surface area contributed by atoms with E-state index in [-0.39, 0.29) is 34.2 Å². The number of aromatic amines is 1. The lowest BCUT2D eigenvalue weighted by atomic mass is 10.1. The van der Waals surface area contributed by atoms with E-state index in [0.717, 1.165) is 4.43 Å². The van der Waals surface area contributed by atoms with Crippen LogP contribution in [0.25, 0.3) is 22.2 Å². The summed E-state index contributed by atoms with van der Waals surface area (Å²) in [5.41, 5.74) is 11.9. The van der Waals surface area contributed by atoms with Gasteiger partial charge in [0, 0.05) is 28.2 Å². The first-order chi connectivity index (χ1) is 17.4. The van der Waals surface area contributed by atoms with Crippen molar-refractivity contribution in [3.05, 3.63) is 86.9 Å². The van der Waals surface area contributed by atoms with Crippen LogP contribution < -0.4 is 16.4 Å². The highest BCUT2D eigenvalue weighted by Gasteiger charge is 2.14. The Balaban J connectivity index is 1.57. The van der Waals surface area contributed by atoms with Gasteiger partial charge in [-0.05, 0) is 47.9 Å². The second kappa shape index (κ2) is 11.5. The number of nitrogens with one attached hydrogen (secondary N) is 4. The predicted molar refractivity (Wildman–Crippen MR) is 144 cm³/mol. The molecule has 0 aliphatic heterocycles. The maximum atomic E-state index is 14.6. The van der Waals surface area contributed by atoms with Crippen molar-refractivity contribution in [3.8, 4) is 11.3 Å². The van der Waals surface area contributed by atoms with Gasteiger partial charge in [0.1, 0.15) is 11.5 Å². The molecular weight excluding hydrogens is 602 g/mol. The molecule has 0 radical (unpaired) electrons. The van der Waals surface area contributed by atoms with Crippen LogP contribution >= 0.6 is 34.2 Å². The molecule has 4 aromatic rings. The number of nitrogens with zero attached hydrogens (tertiary/aromatic N) is 2. The number of carbonyl (C=O) groups is 1. The normalized spacial score (nSPS) is 10.9. The topological polar surface area (TPSA) is 132 Å². The van der Waals surface area contributed by atoms with Crippen molar-refractivity contribution in [2.75, 3.05) is 16.4 Å². The minimum Gasteiger partial charge on any atom is -0.364 e. The number of pyridine rings is 2. The predicted octanol–water partition coefficient (Wildman–Crippen LogP) is 5.75. The van der Waals surface area contributed by atoms with Crippen LogP contribution in [0.4, 0.5) is 15.9 Å². The van der Waals surface area contributed by atoms with Crippen LogP contribution in [-0.4, -0.2) is 26.9 Å². The zero-order chi connectivity index (χ0) is 25.7. The Bertz CT molecular complexity index is 1510. The van der Waals surface area contributed by atoms with Crippen LogP contribution in [0.15, 0.2) is 64.5 Å². The number of halogens is 3. The summed E-state index contributed by atoms with van der Waals surface area (Å²) < 4.78 is 15.4. The molecule has 0 saturated carbocycles. The number of aromatic nitrogens is 2. The number of benzene rings is 2. The second-order valence-corrected chi connectivity index (χ2v) is 9.03. The minimum absolute atomic E-state index is 0.0664. The second-order valence-electron chi connectivity index (χ2n) is 7.55. The molecule has 12 heteroatoms. The van der Waals surface area contributed by atoms with Gasteiger partial charge in [0.15, 0.2) is 5.82 Å². The number of rotatable bonds is 9. The number of H-pyrrole nitrogens is 1. The summed E-state index contributed by atoms with van der Waals surface area (Å²) >= 11 is 8.45. The third-order valence-electron chi connectivity index (χ3n) is 5.18. The molecule has 2 heterocycles. The molecule has 36 heavy (non-hydrogen) atoms. The van der Waals surface area contributed by atoms with Crippen molar-refractivity contribution >= 4 is 62.5 Å². The molecule has 0 saturated heterocycles. The highest BCUT2D eigenvalue weighted by Crippen LogP contribution is 2.30. The van der Waals surface area contributed by atoms with Crippen molar-refractivity contribution < 1.29 is 14.0 Å². The first-order valence-corrected chi connectivity index (χ1v) is 12.5. The van der Waals surface area contributed by atoms with Gasteiger partial charge in [0.25, 0.3) is 5.91 Å². The van der Waals surface area contributed by atoms with Crippen molar-refractivity contribution in [2.24, 2.45) is 5.11 Å². The SMILES string of the molecule is N=Nc1ccc(-c2ccc(C(=O)NOCCI)c(Cl)c2)nc1NCc1cc2ccc(=O)[nH]c2cc1F. The number of anilines is 1. The summed E-state index contributed by atoms with van der Waals surface area (Å²) in [7, 11) is 0. The first-order valence-electron chi connectivity index (χ1n) is 10.6. The van der Waals surface area contributed by atoms with E-state index in [0.29, 0.717) is 34.3 Å². The van der Waals surface area contributed by atoms with Crippen LogP contribution in [-0.2, 0) is 11.4 Å². The van der Waals surface area contributed by atoms with E-state index in [2.05, 4.69) is 48.5 Å². The number of hydrogen-bond acceptors (Lipinski definition) is 7. The lowest BCUT2D eigenvalue weighted by Gasteiger charge is -2.12. The van der Waals surface area contributed by atoms with Crippen LogP contribution in [0.5, 0.6) is 0 Å². The van der Waals surface area contributed by atoms with Crippen molar-refractivity contribution in [1.29, 1.82) is 5.53 Å². The third kappa shape index (κ3) is 5.86. The molecule has 0 bridgehead atoms. The fourth-order valence-corrected chi connectivity index (χ4v) is 3.93. The fourth-order valence-electron chi connectivity index (χ4n) is 3.44. The summed E-state index contributed by atoms with van der Waals surface area (Å²) in [6, 6.07) is 14.0. The van der Waals surface area contributed by atoms with Gasteiger partial charge in [0.05, 0.1) is 28.4 Å². The maximum absolute atomic E-state index is 14.6. The Hall–Kier alpha value is -3.42. The first kappa shape index (κ1) is 25.7. The lowest BCUT2D eigenvalue weighted by molar-refractivity contribution is 0.0380. The lowest BCUT2D eigenvalue weighted by Crippen LogP contribution is -2.24. The van der Waals surface area contributed by atoms with Crippen molar-refractivity contribution in [3.63, 3.8) is 0 Å². The number of amides is 1. The quantitative estimate of drug-likeness (QED) is 0.0622. The number of hydrogen-bond donors (Lipinski definition) is 4. The summed E-state index contributed by atoms with van der Waals surface area (Å²) in [5.74, 6) is -0.689. The minimum atomic E-state index is -0.500. The molecule has 0 fully saturated rings. The van der Waals surface area contributed by atoms with Crippen LogP contribution in [0.3, 0.4) is 0 Å². The van der Waals surface area contributed by atoms with Crippen LogP contribution in [0.1, 0.15) is 15.9 Å². The molecule has 1 amide bonds. The number of alkyl halides is 1. The largest absolute Gasteiger partial charge is 0.364 e. The molecule has 0 aliphatic rings. The van der Waals surface area contributed by atoms with Crippen LogP contribution in [0, 0.1) is 11.3 Å². The van der Waals surface area contributed by atoms with Gasteiger partial charge >= 0.3 is 0 Å². The van der Waals surface area contributed by atoms with Crippen molar-refractivity contribution in [1.82, 2.24) is 15.4 Å². The smallest absolute Gasteiger partial charge is 0.276 e. The zero-order valence-electron chi connectivity index (χ0n) is 18.6. The van der Waals surface area contributed by atoms with Gasteiger partial charge in [0.2, 0.25) is 5.56 Å². The fraction of sp³-hybridized carbons (Fsp3) is 0.125. The molecule has 0 atom stereocenters. The molecular formula is C24H19ClFIN6O3. The number of hydroxylamine groups is 1. The van der Waals surface area contributed by atoms with Crippen LogP contribution in [0.2, 0.25) is 5.02 Å². The molecule has 9 nitrogen and oxygen atoms in total. The van der Waals surface area contributed by atoms with E-state index in [4.69, 9.17) is 22.0 Å². The average Bonchev–Trinajstić information content (AvgIpc) is 2.87. The number of fused-ring (bicyclic) bond motifs is 1. The monoisotopic (exact) mass is 620 g/mol. The summed E-state index contributed by atoms with van der Waals surface area (Å²) in [4.78, 5) is 35.9. The highest BCUT2D eigenvalue weighted by molar-refractivity contribution is 14.1. The molecule has 0 spiro atoms. The molecule has 4 rings (SSSR count). The standard InChI is InChI=1S/C24H19ClFIN6O3/c25-17-10-14(1-3-16(17)24(35)33-36-8-7-27)19-4-5-20(32-28)23(31-19)29-12-15-9-13-2-6-22(34)30-21(13)11-18(15)26/h1-6,9-11,28H,7-8,12H2,(H,29,31)(H,30,34)(H,33,35). The van der Waals surface area contributed by atoms with Gasteiger partial charge in [-0.15, -0.1) is 0 Å². The summed E-state index contributed by atoms with van der Waals surface area (Å²) in [6.07, 6.45) is 0. The highest BCUT2D eigenvalue weighted by atomic mass is 127.